The summed E-state index contributed by atoms with van der Waals surface area (Å²) in [4.78, 5) is 8.62. The van der Waals surface area contributed by atoms with Crippen LogP contribution in [-0.2, 0) is 0 Å². The molecule has 1 aromatic carbocycles. The van der Waals surface area contributed by atoms with Crippen LogP contribution in [0.25, 0.3) is 22.1 Å². The molecule has 1 aliphatic rings. The number of para-hydroxylation sites is 1. The number of fused-ring (bicyclic) bond motifs is 2. The van der Waals surface area contributed by atoms with Crippen LogP contribution in [0.5, 0.6) is 0 Å². The van der Waals surface area contributed by atoms with Gasteiger partial charge < -0.3 is 15.5 Å². The SMILES string of the molecule is OCC1CC(n2nnc3c(Nc4n[nH]c5ccccc45)ncnc32)CC1O. The molecular weight excluding hydrogens is 348 g/mol. The molecule has 0 spiro atoms. The van der Waals surface area contributed by atoms with E-state index in [0.29, 0.717) is 35.6 Å². The second-order valence-electron chi connectivity index (χ2n) is 6.81. The number of hydrogen-bond acceptors (Lipinski definition) is 8. The van der Waals surface area contributed by atoms with E-state index in [1.807, 2.05) is 24.3 Å². The first-order valence-electron chi connectivity index (χ1n) is 8.79. The van der Waals surface area contributed by atoms with Crippen molar-refractivity contribution in [3.8, 4) is 0 Å². The molecule has 1 saturated carbocycles. The number of rotatable bonds is 4. The number of aromatic amines is 1. The molecule has 3 heterocycles. The van der Waals surface area contributed by atoms with E-state index in [2.05, 4.69) is 35.8 Å². The number of benzene rings is 1. The van der Waals surface area contributed by atoms with Crippen molar-refractivity contribution in [2.45, 2.75) is 25.0 Å². The Kier molecular flexibility index (Phi) is 3.73. The first-order valence-corrected chi connectivity index (χ1v) is 8.79. The second-order valence-corrected chi connectivity index (χ2v) is 6.81. The molecule has 4 aromatic rings. The number of H-pyrrole nitrogens is 1. The third kappa shape index (κ3) is 2.61. The molecule has 10 heteroatoms. The van der Waals surface area contributed by atoms with Gasteiger partial charge in [-0.1, -0.05) is 17.3 Å². The van der Waals surface area contributed by atoms with Gasteiger partial charge in [0.05, 0.1) is 17.7 Å². The maximum Gasteiger partial charge on any atom is 0.184 e. The van der Waals surface area contributed by atoms with Gasteiger partial charge in [0.1, 0.15) is 6.33 Å². The van der Waals surface area contributed by atoms with Crippen molar-refractivity contribution >= 4 is 33.7 Å². The zero-order valence-electron chi connectivity index (χ0n) is 14.3. The number of anilines is 2. The van der Waals surface area contributed by atoms with Crippen LogP contribution in [0.3, 0.4) is 0 Å². The molecule has 138 valence electrons. The van der Waals surface area contributed by atoms with Gasteiger partial charge >= 0.3 is 0 Å². The standard InChI is InChI=1S/C17H18N8O2/c26-7-9-5-10(6-13(9)27)25-17-14(22-24-25)16(18-8-19-17)20-15-11-3-1-2-4-12(11)21-23-15/h1-4,8-10,13,26-27H,5-7H2,(H2,18,19,20,21,23). The Morgan fingerprint density at radius 3 is 2.93 bits per heavy atom. The first-order chi connectivity index (χ1) is 13.2. The van der Waals surface area contributed by atoms with Crippen molar-refractivity contribution in [3.05, 3.63) is 30.6 Å². The molecule has 0 aliphatic heterocycles. The van der Waals surface area contributed by atoms with Crippen molar-refractivity contribution in [1.29, 1.82) is 0 Å². The number of nitrogens with zero attached hydrogens (tertiary/aromatic N) is 6. The van der Waals surface area contributed by atoms with Crippen LogP contribution >= 0.6 is 0 Å². The molecule has 0 bridgehead atoms. The topological polar surface area (TPSA) is 138 Å². The minimum atomic E-state index is -0.547. The van der Waals surface area contributed by atoms with Crippen molar-refractivity contribution in [3.63, 3.8) is 0 Å². The summed E-state index contributed by atoms with van der Waals surface area (Å²) in [6, 6.07) is 7.73. The number of aromatic nitrogens is 7. The molecule has 1 fully saturated rings. The van der Waals surface area contributed by atoms with Crippen LogP contribution in [0.4, 0.5) is 11.6 Å². The van der Waals surface area contributed by atoms with Crippen molar-refractivity contribution in [2.75, 3.05) is 11.9 Å². The molecule has 0 amide bonds. The van der Waals surface area contributed by atoms with Crippen LogP contribution in [0.15, 0.2) is 30.6 Å². The van der Waals surface area contributed by atoms with E-state index in [1.54, 1.807) is 4.68 Å². The van der Waals surface area contributed by atoms with Gasteiger partial charge in [-0.3, -0.25) is 5.10 Å². The van der Waals surface area contributed by atoms with Crippen molar-refractivity contribution in [2.24, 2.45) is 5.92 Å². The maximum atomic E-state index is 10.1. The highest BCUT2D eigenvalue weighted by Gasteiger charge is 2.35. The van der Waals surface area contributed by atoms with Gasteiger partial charge in [-0.25, -0.2) is 14.6 Å². The van der Waals surface area contributed by atoms with Gasteiger partial charge in [-0.05, 0) is 25.0 Å². The Balaban J connectivity index is 1.51. The molecule has 3 unspecified atom stereocenters. The average molecular weight is 366 g/mol. The summed E-state index contributed by atoms with van der Waals surface area (Å²) in [6.45, 7) is -0.0433. The fourth-order valence-corrected chi connectivity index (χ4v) is 3.74. The molecule has 10 nitrogen and oxygen atoms in total. The Bertz CT molecular complexity index is 1110. The lowest BCUT2D eigenvalue weighted by molar-refractivity contribution is 0.0906. The van der Waals surface area contributed by atoms with Gasteiger partial charge in [0.25, 0.3) is 0 Å². The minimum absolute atomic E-state index is 0.0433. The van der Waals surface area contributed by atoms with Crippen LogP contribution < -0.4 is 5.32 Å². The summed E-state index contributed by atoms with van der Waals surface area (Å²) >= 11 is 0. The third-order valence-electron chi connectivity index (χ3n) is 5.18. The van der Waals surface area contributed by atoms with E-state index in [0.717, 1.165) is 10.9 Å². The summed E-state index contributed by atoms with van der Waals surface area (Å²) in [5.74, 6) is 1.02. The Labute approximate surface area is 153 Å². The van der Waals surface area contributed by atoms with E-state index >= 15 is 0 Å². The van der Waals surface area contributed by atoms with Crippen LogP contribution in [-0.4, -0.2) is 58.1 Å². The smallest absolute Gasteiger partial charge is 0.184 e. The molecule has 27 heavy (non-hydrogen) atoms. The fourth-order valence-electron chi connectivity index (χ4n) is 3.74. The molecule has 5 rings (SSSR count). The Hall–Kier alpha value is -3.11. The normalized spacial score (nSPS) is 22.7. The highest BCUT2D eigenvalue weighted by atomic mass is 16.3. The van der Waals surface area contributed by atoms with E-state index in [9.17, 15) is 10.2 Å². The number of aliphatic hydroxyl groups is 2. The minimum Gasteiger partial charge on any atom is -0.396 e. The summed E-state index contributed by atoms with van der Waals surface area (Å²) in [5.41, 5.74) is 2.04. The van der Waals surface area contributed by atoms with Gasteiger partial charge in [-0.15, -0.1) is 5.10 Å². The third-order valence-corrected chi connectivity index (χ3v) is 5.18. The molecule has 3 atom stereocenters. The summed E-state index contributed by atoms with van der Waals surface area (Å²) < 4.78 is 1.71. The largest absolute Gasteiger partial charge is 0.396 e. The van der Waals surface area contributed by atoms with Crippen molar-refractivity contribution in [1.82, 2.24) is 35.2 Å². The zero-order chi connectivity index (χ0) is 18.4. The van der Waals surface area contributed by atoms with Gasteiger partial charge in [-0.2, -0.15) is 5.10 Å². The monoisotopic (exact) mass is 366 g/mol. The summed E-state index contributed by atoms with van der Waals surface area (Å²) in [6.07, 6.45) is 2.05. The van der Waals surface area contributed by atoms with E-state index in [-0.39, 0.29) is 18.6 Å². The molecular formula is C17H18N8O2. The first kappa shape index (κ1) is 16.1. The lowest BCUT2D eigenvalue weighted by Crippen LogP contribution is -2.16. The number of aliphatic hydroxyl groups excluding tert-OH is 2. The number of hydrogen-bond donors (Lipinski definition) is 4. The van der Waals surface area contributed by atoms with Crippen LogP contribution in [0, 0.1) is 5.92 Å². The zero-order valence-corrected chi connectivity index (χ0v) is 14.3. The molecule has 4 N–H and O–H groups in total. The molecule has 0 radical (unpaired) electrons. The molecule has 0 saturated heterocycles. The van der Waals surface area contributed by atoms with Gasteiger partial charge in [0, 0.05) is 17.9 Å². The average Bonchev–Trinajstić information content (AvgIpc) is 3.39. The lowest BCUT2D eigenvalue weighted by Gasteiger charge is -2.10. The van der Waals surface area contributed by atoms with Crippen LogP contribution in [0.2, 0.25) is 0 Å². The quantitative estimate of drug-likeness (QED) is 0.422. The Morgan fingerprint density at radius 1 is 1.19 bits per heavy atom. The highest BCUT2D eigenvalue weighted by molar-refractivity contribution is 5.93. The second kappa shape index (κ2) is 6.25. The van der Waals surface area contributed by atoms with Gasteiger partial charge in [0.15, 0.2) is 22.8 Å². The van der Waals surface area contributed by atoms with E-state index in [1.165, 1.54) is 6.33 Å². The Morgan fingerprint density at radius 2 is 2.07 bits per heavy atom. The summed E-state index contributed by atoms with van der Waals surface area (Å²) in [5, 5.41) is 39.4. The van der Waals surface area contributed by atoms with E-state index < -0.39 is 6.10 Å². The summed E-state index contributed by atoms with van der Waals surface area (Å²) in [7, 11) is 0. The predicted molar refractivity (Wildman–Crippen MR) is 97.3 cm³/mol. The highest BCUT2D eigenvalue weighted by Crippen LogP contribution is 2.36. The molecule has 3 aromatic heterocycles. The predicted octanol–water partition coefficient (Wildman–Crippen LogP) is 1.15. The van der Waals surface area contributed by atoms with Crippen LogP contribution in [0.1, 0.15) is 18.9 Å². The fraction of sp³-hybridized carbons (Fsp3) is 0.353. The van der Waals surface area contributed by atoms with Crippen molar-refractivity contribution < 1.29 is 10.2 Å². The lowest BCUT2D eigenvalue weighted by atomic mass is 10.1. The molecule has 1 aliphatic carbocycles. The number of nitrogens with one attached hydrogen (secondary N) is 2. The maximum absolute atomic E-state index is 10.1. The van der Waals surface area contributed by atoms with Gasteiger partial charge in [0.2, 0.25) is 0 Å². The van der Waals surface area contributed by atoms with E-state index in [4.69, 9.17) is 0 Å².